The van der Waals surface area contributed by atoms with Crippen molar-refractivity contribution in [3.8, 4) is 0 Å². The Bertz CT molecular complexity index is 1110. The predicted octanol–water partition coefficient (Wildman–Crippen LogP) is 1.82. The van der Waals surface area contributed by atoms with Crippen molar-refractivity contribution >= 4 is 40.1 Å². The molecule has 1 heterocycles. The average Bonchev–Trinajstić information content (AvgIpc) is 2.73. The lowest BCUT2D eigenvalue weighted by Crippen LogP contribution is -2.50. The third-order valence-corrected chi connectivity index (χ3v) is 4.19. The van der Waals surface area contributed by atoms with Gasteiger partial charge in [-0.15, -0.1) is 0 Å². The first kappa shape index (κ1) is 20.2. The molecule has 3 rings (SSSR count). The van der Waals surface area contributed by atoms with Gasteiger partial charge >= 0.3 is 5.63 Å². The molecule has 3 aromatic rings. The molecule has 1 aromatic heterocycles. The predicted molar refractivity (Wildman–Crippen MR) is 110 cm³/mol. The zero-order valence-electron chi connectivity index (χ0n) is 15.3. The summed E-state index contributed by atoms with van der Waals surface area (Å²) in [5, 5.41) is 2.72. The minimum absolute atomic E-state index is 0.196. The van der Waals surface area contributed by atoms with Gasteiger partial charge in [-0.2, -0.15) is 0 Å². The zero-order valence-corrected chi connectivity index (χ0v) is 16.1. The fraction of sp³-hybridized carbons (Fsp3) is 0.100. The van der Waals surface area contributed by atoms with Crippen molar-refractivity contribution in [2.45, 2.75) is 6.10 Å². The summed E-state index contributed by atoms with van der Waals surface area (Å²) in [7, 11) is 1.40. The molecular formula is C20H17N3O5S. The van der Waals surface area contributed by atoms with Gasteiger partial charge in [-0.25, -0.2) is 4.79 Å². The van der Waals surface area contributed by atoms with Crippen LogP contribution < -0.4 is 21.8 Å². The van der Waals surface area contributed by atoms with Crippen LogP contribution in [0.3, 0.4) is 0 Å². The smallest absolute Gasteiger partial charge is 0.349 e. The van der Waals surface area contributed by atoms with E-state index in [1.165, 1.54) is 13.2 Å². The number of para-hydroxylation sites is 1. The normalized spacial score (nSPS) is 11.5. The number of nitrogens with one attached hydrogen (secondary N) is 3. The van der Waals surface area contributed by atoms with Crippen LogP contribution in [-0.2, 0) is 9.53 Å². The molecule has 0 saturated heterocycles. The van der Waals surface area contributed by atoms with E-state index in [2.05, 4.69) is 16.2 Å². The maximum absolute atomic E-state index is 12.3. The summed E-state index contributed by atoms with van der Waals surface area (Å²) in [5.74, 6) is -1.27. The number of hydrogen-bond acceptors (Lipinski definition) is 6. The van der Waals surface area contributed by atoms with Crippen molar-refractivity contribution in [1.82, 2.24) is 16.2 Å². The standard InChI is InChI=1S/C20H17N3O5S/c1-27-16(12-7-3-2-4-8-12)18(25)22-23-20(29)21-17(24)14-11-13-9-5-6-10-15(13)28-19(14)26/h2-11,16H,1H3,(H,22,25)(H2,21,23,24,29). The van der Waals surface area contributed by atoms with Crippen LogP contribution in [0, 0.1) is 0 Å². The van der Waals surface area contributed by atoms with Gasteiger partial charge in [0.2, 0.25) is 0 Å². The third-order valence-electron chi connectivity index (χ3n) is 3.99. The van der Waals surface area contributed by atoms with Crippen LogP contribution in [0.25, 0.3) is 11.0 Å². The van der Waals surface area contributed by atoms with Crippen molar-refractivity contribution in [2.24, 2.45) is 0 Å². The van der Waals surface area contributed by atoms with E-state index in [0.29, 0.717) is 16.5 Å². The number of carbonyl (C=O) groups excluding carboxylic acids is 2. The van der Waals surface area contributed by atoms with E-state index >= 15 is 0 Å². The Labute approximate surface area is 170 Å². The zero-order chi connectivity index (χ0) is 20.8. The molecule has 9 heteroatoms. The van der Waals surface area contributed by atoms with E-state index in [9.17, 15) is 14.4 Å². The second-order valence-electron chi connectivity index (χ2n) is 5.91. The van der Waals surface area contributed by atoms with Crippen molar-refractivity contribution in [3.05, 3.63) is 82.2 Å². The Morgan fingerprint density at radius 1 is 1.03 bits per heavy atom. The highest BCUT2D eigenvalue weighted by atomic mass is 32.1. The number of hydrazine groups is 1. The minimum atomic E-state index is -0.866. The maximum atomic E-state index is 12.3. The highest BCUT2D eigenvalue weighted by Crippen LogP contribution is 2.15. The third kappa shape index (κ3) is 4.84. The first-order valence-corrected chi connectivity index (χ1v) is 8.92. The first-order valence-electron chi connectivity index (χ1n) is 8.51. The summed E-state index contributed by atoms with van der Waals surface area (Å²) in [6.45, 7) is 0. The number of ether oxygens (including phenoxy) is 1. The number of fused-ring (bicyclic) bond motifs is 1. The van der Waals surface area contributed by atoms with Gasteiger partial charge in [-0.05, 0) is 29.9 Å². The summed E-state index contributed by atoms with van der Waals surface area (Å²) < 4.78 is 10.3. The van der Waals surface area contributed by atoms with Gasteiger partial charge in [-0.1, -0.05) is 48.5 Å². The average molecular weight is 411 g/mol. The quantitative estimate of drug-likeness (QED) is 0.341. The van der Waals surface area contributed by atoms with Crippen LogP contribution in [-0.4, -0.2) is 24.0 Å². The van der Waals surface area contributed by atoms with Gasteiger partial charge in [0.05, 0.1) is 0 Å². The number of thiocarbonyl (C=S) groups is 1. The number of rotatable bonds is 4. The second kappa shape index (κ2) is 9.09. The molecule has 2 amide bonds. The molecule has 0 spiro atoms. The van der Waals surface area contributed by atoms with E-state index in [1.807, 2.05) is 6.07 Å². The molecule has 2 aromatic carbocycles. The van der Waals surface area contributed by atoms with Gasteiger partial charge in [0.1, 0.15) is 11.1 Å². The molecule has 1 atom stereocenters. The Balaban J connectivity index is 1.62. The summed E-state index contributed by atoms with van der Waals surface area (Å²) in [5.41, 5.74) is 4.79. The lowest BCUT2D eigenvalue weighted by Gasteiger charge is -2.17. The molecule has 0 aliphatic carbocycles. The first-order chi connectivity index (χ1) is 14.0. The number of benzene rings is 2. The highest BCUT2D eigenvalue weighted by Gasteiger charge is 2.20. The van der Waals surface area contributed by atoms with Crippen LogP contribution >= 0.6 is 12.2 Å². The molecule has 29 heavy (non-hydrogen) atoms. The second-order valence-corrected chi connectivity index (χ2v) is 6.32. The molecule has 0 radical (unpaired) electrons. The van der Waals surface area contributed by atoms with E-state index in [-0.39, 0.29) is 10.7 Å². The monoisotopic (exact) mass is 411 g/mol. The molecule has 0 fully saturated rings. The Kier molecular flexibility index (Phi) is 6.32. The van der Waals surface area contributed by atoms with Gasteiger partial charge in [0.15, 0.2) is 11.2 Å². The Morgan fingerprint density at radius 3 is 2.45 bits per heavy atom. The van der Waals surface area contributed by atoms with Gasteiger partial charge in [-0.3, -0.25) is 25.8 Å². The number of methoxy groups -OCH3 is 1. The molecule has 0 saturated carbocycles. The molecule has 1 unspecified atom stereocenters. The molecule has 0 aliphatic heterocycles. The van der Waals surface area contributed by atoms with E-state index in [0.717, 1.165) is 0 Å². The lowest BCUT2D eigenvalue weighted by molar-refractivity contribution is -0.132. The van der Waals surface area contributed by atoms with E-state index < -0.39 is 23.5 Å². The number of amides is 2. The molecule has 8 nitrogen and oxygen atoms in total. The van der Waals surface area contributed by atoms with Crippen molar-refractivity contribution in [3.63, 3.8) is 0 Å². The molecule has 3 N–H and O–H groups in total. The van der Waals surface area contributed by atoms with Crippen LogP contribution in [0.1, 0.15) is 22.0 Å². The SMILES string of the molecule is COC(C(=O)NNC(=S)NC(=O)c1cc2ccccc2oc1=O)c1ccccc1. The Morgan fingerprint density at radius 2 is 1.72 bits per heavy atom. The fourth-order valence-corrected chi connectivity index (χ4v) is 2.77. The highest BCUT2D eigenvalue weighted by molar-refractivity contribution is 7.80. The summed E-state index contributed by atoms with van der Waals surface area (Å²) in [6.07, 6.45) is -0.866. The number of carbonyl (C=O) groups is 2. The van der Waals surface area contributed by atoms with Crippen molar-refractivity contribution < 1.29 is 18.7 Å². The van der Waals surface area contributed by atoms with Crippen molar-refractivity contribution in [2.75, 3.05) is 7.11 Å². The van der Waals surface area contributed by atoms with Crippen LogP contribution in [0.4, 0.5) is 0 Å². The van der Waals surface area contributed by atoms with Gasteiger partial charge in [0, 0.05) is 12.5 Å². The molecule has 0 bridgehead atoms. The fourth-order valence-electron chi connectivity index (χ4n) is 2.63. The maximum Gasteiger partial charge on any atom is 0.349 e. The van der Waals surface area contributed by atoms with E-state index in [1.54, 1.807) is 48.5 Å². The summed E-state index contributed by atoms with van der Waals surface area (Å²) in [6, 6.07) is 17.1. The Hall–Kier alpha value is -3.56. The largest absolute Gasteiger partial charge is 0.422 e. The van der Waals surface area contributed by atoms with Crippen molar-refractivity contribution in [1.29, 1.82) is 0 Å². The topological polar surface area (TPSA) is 110 Å². The molecule has 148 valence electrons. The molecular weight excluding hydrogens is 394 g/mol. The summed E-state index contributed by atoms with van der Waals surface area (Å²) >= 11 is 5.00. The van der Waals surface area contributed by atoms with Gasteiger partial charge in [0.25, 0.3) is 11.8 Å². The molecule has 0 aliphatic rings. The summed E-state index contributed by atoms with van der Waals surface area (Å²) in [4.78, 5) is 36.7. The van der Waals surface area contributed by atoms with E-state index in [4.69, 9.17) is 21.4 Å². The minimum Gasteiger partial charge on any atom is -0.422 e. The van der Waals surface area contributed by atoms with Crippen LogP contribution in [0.15, 0.2) is 69.9 Å². The number of hydrogen-bond donors (Lipinski definition) is 3. The lowest BCUT2D eigenvalue weighted by atomic mass is 10.1. The van der Waals surface area contributed by atoms with Crippen LogP contribution in [0.2, 0.25) is 0 Å². The van der Waals surface area contributed by atoms with Crippen LogP contribution in [0.5, 0.6) is 0 Å². The van der Waals surface area contributed by atoms with Gasteiger partial charge < -0.3 is 9.15 Å².